The van der Waals surface area contributed by atoms with E-state index in [2.05, 4.69) is 4.98 Å². The number of methoxy groups -OCH3 is 1. The van der Waals surface area contributed by atoms with Crippen molar-refractivity contribution in [2.75, 3.05) is 13.7 Å². The van der Waals surface area contributed by atoms with Crippen LogP contribution in [0.1, 0.15) is 17.3 Å². The molecule has 2 aromatic heterocycles. The molecule has 0 saturated carbocycles. The van der Waals surface area contributed by atoms with Crippen LogP contribution in [0.25, 0.3) is 10.2 Å². The van der Waals surface area contributed by atoms with Gasteiger partial charge in [-0.1, -0.05) is 11.6 Å². The molecule has 0 N–H and O–H groups in total. The first-order chi connectivity index (χ1) is 8.19. The van der Waals surface area contributed by atoms with E-state index in [0.717, 1.165) is 4.70 Å². The second-order valence-corrected chi connectivity index (χ2v) is 4.45. The lowest BCUT2D eigenvalue weighted by atomic mass is 10.2. The highest BCUT2D eigenvalue weighted by Gasteiger charge is 2.18. The van der Waals surface area contributed by atoms with Crippen LogP contribution in [0.15, 0.2) is 11.6 Å². The maximum absolute atomic E-state index is 11.6. The molecule has 0 aliphatic rings. The van der Waals surface area contributed by atoms with Crippen LogP contribution in [0.2, 0.25) is 5.02 Å². The van der Waals surface area contributed by atoms with Crippen LogP contribution < -0.4 is 4.74 Å². The molecule has 4 nitrogen and oxygen atoms in total. The lowest BCUT2D eigenvalue weighted by Gasteiger charge is -2.04. The predicted molar refractivity (Wildman–Crippen MR) is 67.1 cm³/mol. The Labute approximate surface area is 107 Å². The predicted octanol–water partition coefficient (Wildman–Crippen LogP) is 3.14. The summed E-state index contributed by atoms with van der Waals surface area (Å²) in [6.45, 7) is 2.05. The molecule has 2 heterocycles. The Hall–Kier alpha value is -1.33. The molecule has 0 aromatic carbocycles. The van der Waals surface area contributed by atoms with Crippen LogP contribution in [-0.2, 0) is 4.74 Å². The zero-order valence-electron chi connectivity index (χ0n) is 9.32. The average molecular weight is 272 g/mol. The fraction of sp³-hybridized carbons (Fsp3) is 0.273. The van der Waals surface area contributed by atoms with Crippen molar-refractivity contribution >= 4 is 39.1 Å². The number of hydrogen-bond acceptors (Lipinski definition) is 5. The normalized spacial score (nSPS) is 10.5. The minimum absolute atomic E-state index is 0.283. The summed E-state index contributed by atoms with van der Waals surface area (Å²) in [4.78, 5) is 15.8. The van der Waals surface area contributed by atoms with Gasteiger partial charge in [-0.15, -0.1) is 11.3 Å². The molecule has 0 unspecified atom stereocenters. The van der Waals surface area contributed by atoms with Crippen molar-refractivity contribution in [1.82, 2.24) is 4.98 Å². The Morgan fingerprint density at radius 1 is 1.59 bits per heavy atom. The number of ether oxygens (including phenoxy) is 2. The van der Waals surface area contributed by atoms with Crippen molar-refractivity contribution in [2.45, 2.75) is 6.92 Å². The van der Waals surface area contributed by atoms with Gasteiger partial charge in [-0.2, -0.15) is 0 Å². The highest BCUT2D eigenvalue weighted by Crippen LogP contribution is 2.36. The molecule has 2 aromatic rings. The Kier molecular flexibility index (Phi) is 3.49. The Bertz CT molecular complexity index is 567. The van der Waals surface area contributed by atoms with E-state index in [-0.39, 0.29) is 5.56 Å². The number of thiophene rings is 1. The maximum Gasteiger partial charge on any atom is 0.341 e. The molecule has 17 heavy (non-hydrogen) atoms. The lowest BCUT2D eigenvalue weighted by Crippen LogP contribution is -2.05. The number of carbonyl (C=O) groups is 1. The number of hydrogen-bond donors (Lipinski definition) is 0. The molecule has 6 heteroatoms. The fourth-order valence-electron chi connectivity index (χ4n) is 1.42. The minimum atomic E-state index is -0.459. The second kappa shape index (κ2) is 4.89. The van der Waals surface area contributed by atoms with Gasteiger partial charge in [-0.05, 0) is 6.92 Å². The quantitative estimate of drug-likeness (QED) is 0.805. The average Bonchev–Trinajstić information content (AvgIpc) is 2.73. The molecule has 0 aliphatic heterocycles. The summed E-state index contributed by atoms with van der Waals surface area (Å²) in [6, 6.07) is 0. The smallest absolute Gasteiger partial charge is 0.341 e. The fourth-order valence-corrected chi connectivity index (χ4v) is 2.68. The molecule has 2 rings (SSSR count). The number of rotatable bonds is 3. The third-order valence-corrected chi connectivity index (χ3v) is 3.68. The first-order valence-corrected chi connectivity index (χ1v) is 6.21. The Morgan fingerprint density at radius 2 is 2.35 bits per heavy atom. The van der Waals surface area contributed by atoms with Crippen molar-refractivity contribution < 1.29 is 14.3 Å². The standard InChI is InChI=1S/C11H10ClNO3S/c1-3-16-11(14)6-4-13-9-7(15-2)5-17-10(9)8(6)12/h4-5H,3H2,1-2H3. The van der Waals surface area contributed by atoms with Crippen molar-refractivity contribution in [3.05, 3.63) is 22.2 Å². The molecular formula is C11H10ClNO3S. The van der Waals surface area contributed by atoms with Crippen LogP contribution in [-0.4, -0.2) is 24.7 Å². The van der Waals surface area contributed by atoms with Gasteiger partial charge < -0.3 is 9.47 Å². The van der Waals surface area contributed by atoms with Crippen LogP contribution >= 0.6 is 22.9 Å². The molecule has 0 radical (unpaired) electrons. The number of pyridine rings is 1. The van der Waals surface area contributed by atoms with Crippen LogP contribution in [0, 0.1) is 0 Å². The van der Waals surface area contributed by atoms with Crippen molar-refractivity contribution in [3.8, 4) is 5.75 Å². The SMILES string of the molecule is CCOC(=O)c1cnc2c(OC)csc2c1Cl. The molecule has 0 bridgehead atoms. The van der Waals surface area contributed by atoms with Crippen LogP contribution in [0.3, 0.4) is 0 Å². The van der Waals surface area contributed by atoms with Gasteiger partial charge in [0, 0.05) is 11.6 Å². The van der Waals surface area contributed by atoms with E-state index in [0.29, 0.717) is 22.9 Å². The molecule has 0 aliphatic carbocycles. The van der Waals surface area contributed by atoms with Gasteiger partial charge >= 0.3 is 5.97 Å². The molecule has 0 spiro atoms. The van der Waals surface area contributed by atoms with Gasteiger partial charge in [-0.3, -0.25) is 4.98 Å². The highest BCUT2D eigenvalue weighted by atomic mass is 35.5. The van der Waals surface area contributed by atoms with Crippen molar-refractivity contribution in [1.29, 1.82) is 0 Å². The number of carbonyl (C=O) groups excluding carboxylic acids is 1. The number of halogens is 1. The summed E-state index contributed by atoms with van der Waals surface area (Å²) < 4.78 is 10.8. The minimum Gasteiger partial charge on any atom is -0.494 e. The Morgan fingerprint density at radius 3 is 3.00 bits per heavy atom. The molecule has 0 saturated heterocycles. The summed E-state index contributed by atoms with van der Waals surface area (Å²) in [5.41, 5.74) is 0.945. The molecule has 0 fully saturated rings. The largest absolute Gasteiger partial charge is 0.494 e. The van der Waals surface area contributed by atoms with Gasteiger partial charge in [0.2, 0.25) is 0 Å². The van der Waals surface area contributed by atoms with E-state index in [1.54, 1.807) is 19.4 Å². The summed E-state index contributed by atoms with van der Waals surface area (Å²) in [5, 5.41) is 2.17. The number of fused-ring (bicyclic) bond motifs is 1. The van der Waals surface area contributed by atoms with Gasteiger partial charge in [0.05, 0.1) is 29.0 Å². The topological polar surface area (TPSA) is 48.4 Å². The maximum atomic E-state index is 11.6. The molecular weight excluding hydrogens is 262 g/mol. The monoisotopic (exact) mass is 271 g/mol. The first kappa shape index (κ1) is 12.1. The van der Waals surface area contributed by atoms with Gasteiger partial charge in [0.25, 0.3) is 0 Å². The van der Waals surface area contributed by atoms with Gasteiger partial charge in [-0.25, -0.2) is 4.79 Å². The summed E-state index contributed by atoms with van der Waals surface area (Å²) >= 11 is 7.54. The summed E-state index contributed by atoms with van der Waals surface area (Å²) in [5.74, 6) is 0.196. The van der Waals surface area contributed by atoms with Crippen molar-refractivity contribution in [2.24, 2.45) is 0 Å². The number of nitrogens with zero attached hydrogens (tertiary/aromatic N) is 1. The first-order valence-electron chi connectivity index (χ1n) is 4.95. The van der Waals surface area contributed by atoms with E-state index >= 15 is 0 Å². The molecule has 0 atom stereocenters. The van der Waals surface area contributed by atoms with E-state index in [4.69, 9.17) is 21.1 Å². The zero-order valence-corrected chi connectivity index (χ0v) is 10.9. The van der Waals surface area contributed by atoms with E-state index in [1.165, 1.54) is 17.5 Å². The van der Waals surface area contributed by atoms with Crippen molar-refractivity contribution in [3.63, 3.8) is 0 Å². The zero-order chi connectivity index (χ0) is 12.4. The van der Waals surface area contributed by atoms with E-state index < -0.39 is 5.97 Å². The summed E-state index contributed by atoms with van der Waals surface area (Å²) in [6.07, 6.45) is 1.41. The van der Waals surface area contributed by atoms with E-state index in [1.807, 2.05) is 0 Å². The Balaban J connectivity index is 2.54. The lowest BCUT2D eigenvalue weighted by molar-refractivity contribution is 0.0526. The highest BCUT2D eigenvalue weighted by molar-refractivity contribution is 7.18. The van der Waals surface area contributed by atoms with E-state index in [9.17, 15) is 4.79 Å². The molecule has 90 valence electrons. The van der Waals surface area contributed by atoms with Crippen LogP contribution in [0.5, 0.6) is 5.75 Å². The molecule has 0 amide bonds. The van der Waals surface area contributed by atoms with Gasteiger partial charge in [0.15, 0.2) is 5.75 Å². The summed E-state index contributed by atoms with van der Waals surface area (Å²) in [7, 11) is 1.57. The third kappa shape index (κ3) is 2.08. The van der Waals surface area contributed by atoms with Gasteiger partial charge in [0.1, 0.15) is 5.52 Å². The second-order valence-electron chi connectivity index (χ2n) is 3.19. The van der Waals surface area contributed by atoms with Crippen LogP contribution in [0.4, 0.5) is 0 Å². The number of esters is 1. The third-order valence-electron chi connectivity index (χ3n) is 2.21. The number of aromatic nitrogens is 1.